The summed E-state index contributed by atoms with van der Waals surface area (Å²) >= 11 is 3.44. The maximum Gasteiger partial charge on any atom is 0.148 e. The fourth-order valence-corrected chi connectivity index (χ4v) is 2.75. The van der Waals surface area contributed by atoms with Crippen LogP contribution in [-0.4, -0.2) is 34.3 Å². The highest BCUT2D eigenvalue weighted by Gasteiger charge is 2.27. The van der Waals surface area contributed by atoms with Crippen LogP contribution in [0.15, 0.2) is 10.8 Å². The Hall–Kier alpha value is -0.880. The molecule has 1 unspecified atom stereocenters. The molecular formula is C11H17BrN4O. The van der Waals surface area contributed by atoms with Crippen molar-refractivity contribution in [1.29, 1.82) is 0 Å². The van der Waals surface area contributed by atoms with Crippen LogP contribution in [0.5, 0.6) is 0 Å². The van der Waals surface area contributed by atoms with Crippen molar-refractivity contribution in [3.05, 3.63) is 10.8 Å². The highest BCUT2D eigenvalue weighted by molar-refractivity contribution is 9.10. The van der Waals surface area contributed by atoms with Crippen LogP contribution in [-0.2, 0) is 0 Å². The first kappa shape index (κ1) is 12.6. The van der Waals surface area contributed by atoms with Gasteiger partial charge in [-0.25, -0.2) is 9.97 Å². The number of nitrogen functional groups attached to an aromatic ring is 1. The molecule has 1 aliphatic rings. The van der Waals surface area contributed by atoms with Crippen LogP contribution in [0, 0.1) is 0 Å². The van der Waals surface area contributed by atoms with Crippen LogP contribution in [0.1, 0.15) is 25.7 Å². The molecule has 0 radical (unpaired) electrons. The van der Waals surface area contributed by atoms with Crippen LogP contribution < -0.4 is 10.6 Å². The molecule has 0 spiro atoms. The average Bonchev–Trinajstić information content (AvgIpc) is 2.78. The number of rotatable bonds is 4. The largest absolute Gasteiger partial charge is 0.396 e. The van der Waals surface area contributed by atoms with Gasteiger partial charge in [-0.2, -0.15) is 0 Å². The predicted octanol–water partition coefficient (Wildman–Crippen LogP) is 1.56. The van der Waals surface area contributed by atoms with E-state index in [9.17, 15) is 0 Å². The summed E-state index contributed by atoms with van der Waals surface area (Å²) in [5.41, 5.74) is 5.77. The second kappa shape index (κ2) is 5.64. The number of aliphatic hydroxyl groups is 1. The van der Waals surface area contributed by atoms with Crippen molar-refractivity contribution in [2.75, 3.05) is 23.8 Å². The number of hydrogen-bond acceptors (Lipinski definition) is 5. The van der Waals surface area contributed by atoms with E-state index in [-0.39, 0.29) is 6.61 Å². The normalized spacial score (nSPS) is 19.9. The average molecular weight is 301 g/mol. The maximum absolute atomic E-state index is 8.91. The van der Waals surface area contributed by atoms with E-state index in [2.05, 4.69) is 30.8 Å². The second-order valence-electron chi connectivity index (χ2n) is 4.25. The molecule has 1 aromatic rings. The van der Waals surface area contributed by atoms with Crippen LogP contribution in [0.3, 0.4) is 0 Å². The minimum absolute atomic E-state index is 0.247. The van der Waals surface area contributed by atoms with Crippen molar-refractivity contribution in [1.82, 2.24) is 9.97 Å². The standard InChI is InChI=1S/C11H17BrN4O/c12-9-10(13)14-7-15-11(9)16-5-1-3-8(16)4-2-6-17/h7-8,17H,1-6H2,(H2,13,14,15). The van der Waals surface area contributed by atoms with Crippen molar-refractivity contribution < 1.29 is 5.11 Å². The third-order valence-electron chi connectivity index (χ3n) is 3.14. The van der Waals surface area contributed by atoms with Gasteiger partial charge in [-0.15, -0.1) is 0 Å². The molecule has 0 amide bonds. The van der Waals surface area contributed by atoms with Gasteiger partial charge in [-0.3, -0.25) is 0 Å². The Bertz CT molecular complexity index is 388. The minimum atomic E-state index is 0.247. The summed E-state index contributed by atoms with van der Waals surface area (Å²) < 4.78 is 0.774. The first-order valence-electron chi connectivity index (χ1n) is 5.87. The van der Waals surface area contributed by atoms with Gasteiger partial charge in [-0.1, -0.05) is 0 Å². The van der Waals surface area contributed by atoms with Crippen molar-refractivity contribution >= 4 is 27.6 Å². The first-order valence-corrected chi connectivity index (χ1v) is 6.67. The third-order valence-corrected chi connectivity index (χ3v) is 3.90. The zero-order valence-corrected chi connectivity index (χ0v) is 11.2. The van der Waals surface area contributed by atoms with E-state index in [1.807, 2.05) is 0 Å². The summed E-state index contributed by atoms with van der Waals surface area (Å²) in [5, 5.41) is 8.91. The second-order valence-corrected chi connectivity index (χ2v) is 5.04. The molecule has 0 aliphatic carbocycles. The summed E-state index contributed by atoms with van der Waals surface area (Å²) in [6.07, 6.45) is 5.63. The monoisotopic (exact) mass is 300 g/mol. The number of nitrogens with zero attached hydrogens (tertiary/aromatic N) is 3. The van der Waals surface area contributed by atoms with Gasteiger partial charge in [0.05, 0.1) is 0 Å². The summed E-state index contributed by atoms with van der Waals surface area (Å²) in [4.78, 5) is 10.5. The van der Waals surface area contributed by atoms with Crippen LogP contribution in [0.25, 0.3) is 0 Å². The first-order chi connectivity index (χ1) is 8.24. The van der Waals surface area contributed by atoms with Crippen molar-refractivity contribution in [3.8, 4) is 0 Å². The Morgan fingerprint density at radius 2 is 2.35 bits per heavy atom. The van der Waals surface area contributed by atoms with Gasteiger partial charge in [0, 0.05) is 19.2 Å². The van der Waals surface area contributed by atoms with Gasteiger partial charge in [0.25, 0.3) is 0 Å². The van der Waals surface area contributed by atoms with E-state index in [1.54, 1.807) is 0 Å². The molecular weight excluding hydrogens is 284 g/mol. The lowest BCUT2D eigenvalue weighted by atomic mass is 10.1. The zero-order valence-electron chi connectivity index (χ0n) is 9.64. The van der Waals surface area contributed by atoms with Crippen LogP contribution in [0.4, 0.5) is 11.6 Å². The number of halogens is 1. The predicted molar refractivity (Wildman–Crippen MR) is 70.8 cm³/mol. The fraction of sp³-hybridized carbons (Fsp3) is 0.636. The molecule has 6 heteroatoms. The summed E-state index contributed by atoms with van der Waals surface area (Å²) in [6.45, 7) is 1.24. The van der Waals surface area contributed by atoms with E-state index in [1.165, 1.54) is 6.33 Å². The maximum atomic E-state index is 8.91. The number of aliphatic hydroxyl groups excluding tert-OH is 1. The topological polar surface area (TPSA) is 75.3 Å². The molecule has 17 heavy (non-hydrogen) atoms. The number of hydrogen-bond donors (Lipinski definition) is 2. The van der Waals surface area contributed by atoms with Gasteiger partial charge in [0.15, 0.2) is 0 Å². The van der Waals surface area contributed by atoms with Gasteiger partial charge >= 0.3 is 0 Å². The number of aromatic nitrogens is 2. The molecule has 5 nitrogen and oxygen atoms in total. The lowest BCUT2D eigenvalue weighted by Crippen LogP contribution is -2.30. The summed E-state index contributed by atoms with van der Waals surface area (Å²) in [5.74, 6) is 1.35. The van der Waals surface area contributed by atoms with E-state index < -0.39 is 0 Å². The minimum Gasteiger partial charge on any atom is -0.396 e. The number of nitrogens with two attached hydrogens (primary N) is 1. The molecule has 2 heterocycles. The fourth-order valence-electron chi connectivity index (χ4n) is 2.32. The summed E-state index contributed by atoms with van der Waals surface area (Å²) in [6, 6.07) is 0.452. The quantitative estimate of drug-likeness (QED) is 0.883. The van der Waals surface area contributed by atoms with Crippen LogP contribution in [0.2, 0.25) is 0 Å². The molecule has 0 bridgehead atoms. The third kappa shape index (κ3) is 2.69. The van der Waals surface area contributed by atoms with Gasteiger partial charge in [0.1, 0.15) is 22.4 Å². The molecule has 1 fully saturated rings. The molecule has 3 N–H and O–H groups in total. The zero-order chi connectivity index (χ0) is 12.3. The molecule has 1 saturated heterocycles. The molecule has 0 saturated carbocycles. The van der Waals surface area contributed by atoms with Crippen LogP contribution >= 0.6 is 15.9 Å². The SMILES string of the molecule is Nc1ncnc(N2CCCC2CCCO)c1Br. The van der Waals surface area contributed by atoms with E-state index in [4.69, 9.17) is 10.8 Å². The van der Waals surface area contributed by atoms with Gasteiger partial charge in [0.2, 0.25) is 0 Å². The molecule has 0 aromatic carbocycles. The lowest BCUT2D eigenvalue weighted by Gasteiger charge is -2.26. The number of anilines is 2. The molecule has 94 valence electrons. The van der Waals surface area contributed by atoms with Crippen molar-refractivity contribution in [2.45, 2.75) is 31.7 Å². The Labute approximate surface area is 109 Å². The molecule has 1 aromatic heterocycles. The van der Waals surface area contributed by atoms with E-state index in [0.717, 1.165) is 42.5 Å². The highest BCUT2D eigenvalue weighted by Crippen LogP contribution is 2.33. The Morgan fingerprint density at radius 3 is 3.12 bits per heavy atom. The Kier molecular flexibility index (Phi) is 4.17. The molecule has 1 aliphatic heterocycles. The molecule has 1 atom stereocenters. The van der Waals surface area contributed by atoms with Gasteiger partial charge in [-0.05, 0) is 41.6 Å². The van der Waals surface area contributed by atoms with Gasteiger partial charge < -0.3 is 15.7 Å². The van der Waals surface area contributed by atoms with E-state index >= 15 is 0 Å². The van der Waals surface area contributed by atoms with E-state index in [0.29, 0.717) is 11.9 Å². The molecule has 2 rings (SSSR count). The smallest absolute Gasteiger partial charge is 0.148 e. The Morgan fingerprint density at radius 1 is 1.53 bits per heavy atom. The lowest BCUT2D eigenvalue weighted by molar-refractivity contribution is 0.279. The summed E-state index contributed by atoms with van der Waals surface area (Å²) in [7, 11) is 0. The van der Waals surface area contributed by atoms with Crippen molar-refractivity contribution in [2.24, 2.45) is 0 Å². The Balaban J connectivity index is 2.17. The highest BCUT2D eigenvalue weighted by atomic mass is 79.9. The van der Waals surface area contributed by atoms with Crippen molar-refractivity contribution in [3.63, 3.8) is 0 Å².